The molecular weight excluding hydrogens is 228 g/mol. The number of carbonyl (C=O) groups is 1. The Labute approximate surface area is 108 Å². The summed E-state index contributed by atoms with van der Waals surface area (Å²) in [5, 5.41) is 8.72. The lowest BCUT2D eigenvalue weighted by Crippen LogP contribution is -1.98. The average molecular weight is 248 g/mol. The van der Waals surface area contributed by atoms with Gasteiger partial charge in [0.05, 0.1) is 7.11 Å². The first-order valence-electron chi connectivity index (χ1n) is 6.01. The number of rotatable bonds is 5. The second-order valence-corrected chi connectivity index (χ2v) is 4.73. The molecule has 0 aliphatic carbocycles. The Morgan fingerprint density at radius 1 is 1.44 bits per heavy atom. The minimum atomic E-state index is -0.911. The molecule has 1 N–H and O–H groups in total. The summed E-state index contributed by atoms with van der Waals surface area (Å²) in [4.78, 5) is 10.6. The number of aliphatic carboxylic acids is 1. The molecule has 0 aliphatic rings. The normalized spacial score (nSPS) is 11.7. The monoisotopic (exact) mass is 248 g/mol. The molecule has 0 bridgehead atoms. The molecule has 0 fully saturated rings. The van der Waals surface area contributed by atoms with E-state index in [-0.39, 0.29) is 0 Å². The van der Waals surface area contributed by atoms with Gasteiger partial charge < -0.3 is 9.84 Å². The molecule has 0 aliphatic heterocycles. The van der Waals surface area contributed by atoms with Gasteiger partial charge in [0, 0.05) is 6.08 Å². The number of carboxylic acids is 1. The van der Waals surface area contributed by atoms with Crippen LogP contribution in [0.15, 0.2) is 29.8 Å². The summed E-state index contributed by atoms with van der Waals surface area (Å²) in [5.74, 6) is 0.336. The van der Waals surface area contributed by atoms with Crippen molar-refractivity contribution in [2.45, 2.75) is 33.1 Å². The summed E-state index contributed by atoms with van der Waals surface area (Å²) in [6, 6.07) is 6.07. The molecule has 0 unspecified atom stereocenters. The van der Waals surface area contributed by atoms with Crippen molar-refractivity contribution >= 4 is 5.97 Å². The summed E-state index contributed by atoms with van der Waals surface area (Å²) in [6.07, 6.45) is 1.83. The third-order valence-corrected chi connectivity index (χ3v) is 2.81. The zero-order valence-electron chi connectivity index (χ0n) is 11.4. The Morgan fingerprint density at radius 3 is 2.61 bits per heavy atom. The van der Waals surface area contributed by atoms with Gasteiger partial charge in [-0.2, -0.15) is 0 Å². The van der Waals surface area contributed by atoms with Gasteiger partial charge in [0.15, 0.2) is 0 Å². The highest BCUT2D eigenvalue weighted by Crippen LogP contribution is 2.26. The van der Waals surface area contributed by atoms with Crippen molar-refractivity contribution in [3.8, 4) is 5.75 Å². The summed E-state index contributed by atoms with van der Waals surface area (Å²) < 4.78 is 5.31. The largest absolute Gasteiger partial charge is 0.496 e. The molecule has 0 saturated carbocycles. The third-order valence-electron chi connectivity index (χ3n) is 2.81. The predicted octanol–water partition coefficient (Wildman–Crippen LogP) is 3.39. The number of hydrogen-bond acceptors (Lipinski definition) is 2. The molecule has 0 atom stereocenters. The molecule has 18 heavy (non-hydrogen) atoms. The molecule has 0 heterocycles. The van der Waals surface area contributed by atoms with Crippen LogP contribution < -0.4 is 4.74 Å². The Morgan fingerprint density at radius 2 is 2.11 bits per heavy atom. The van der Waals surface area contributed by atoms with Crippen LogP contribution in [0.4, 0.5) is 0 Å². The fraction of sp³-hybridized carbons (Fsp3) is 0.400. The van der Waals surface area contributed by atoms with E-state index < -0.39 is 5.97 Å². The maximum Gasteiger partial charge on any atom is 0.328 e. The van der Waals surface area contributed by atoms with Gasteiger partial charge in [0.25, 0.3) is 0 Å². The van der Waals surface area contributed by atoms with Gasteiger partial charge in [-0.25, -0.2) is 4.79 Å². The van der Waals surface area contributed by atoms with E-state index in [0.29, 0.717) is 12.3 Å². The van der Waals surface area contributed by atoms with Crippen molar-refractivity contribution in [3.63, 3.8) is 0 Å². The van der Waals surface area contributed by atoms with Gasteiger partial charge in [0.1, 0.15) is 5.75 Å². The van der Waals surface area contributed by atoms with E-state index in [0.717, 1.165) is 16.9 Å². The van der Waals surface area contributed by atoms with Gasteiger partial charge >= 0.3 is 5.97 Å². The lowest BCUT2D eigenvalue weighted by molar-refractivity contribution is -0.131. The number of ether oxygens (including phenoxy) is 1. The Hall–Kier alpha value is -1.77. The van der Waals surface area contributed by atoms with E-state index >= 15 is 0 Å². The SMILES string of the molecule is COc1ccc(C(C)C)cc1C/C(C)=C/C(=O)O. The molecule has 1 aromatic carbocycles. The van der Waals surface area contributed by atoms with Crippen molar-refractivity contribution in [1.82, 2.24) is 0 Å². The maximum atomic E-state index is 10.6. The number of allylic oxidation sites excluding steroid dienone is 1. The smallest absolute Gasteiger partial charge is 0.328 e. The number of benzene rings is 1. The molecule has 0 aromatic heterocycles. The molecule has 98 valence electrons. The van der Waals surface area contributed by atoms with Crippen molar-refractivity contribution in [2.24, 2.45) is 0 Å². The molecule has 0 amide bonds. The summed E-state index contributed by atoms with van der Waals surface area (Å²) in [5.41, 5.74) is 3.06. The lowest BCUT2D eigenvalue weighted by atomic mass is 9.97. The molecule has 1 rings (SSSR count). The minimum Gasteiger partial charge on any atom is -0.496 e. The number of methoxy groups -OCH3 is 1. The fourth-order valence-corrected chi connectivity index (χ4v) is 1.86. The van der Waals surface area contributed by atoms with Crippen molar-refractivity contribution < 1.29 is 14.6 Å². The predicted molar refractivity (Wildman–Crippen MR) is 72.2 cm³/mol. The molecule has 0 radical (unpaired) electrons. The fourth-order valence-electron chi connectivity index (χ4n) is 1.86. The van der Waals surface area contributed by atoms with E-state index in [1.807, 2.05) is 19.1 Å². The lowest BCUT2D eigenvalue weighted by Gasteiger charge is -2.13. The highest BCUT2D eigenvalue weighted by atomic mass is 16.5. The van der Waals surface area contributed by atoms with Gasteiger partial charge in [-0.15, -0.1) is 0 Å². The maximum absolute atomic E-state index is 10.6. The molecule has 1 aromatic rings. The Kier molecular flexibility index (Phi) is 4.95. The molecular formula is C15H20O3. The van der Waals surface area contributed by atoms with E-state index in [4.69, 9.17) is 9.84 Å². The van der Waals surface area contributed by atoms with Crippen LogP contribution in [0.1, 0.15) is 37.8 Å². The Bertz CT molecular complexity index is 459. The standard InChI is InChI=1S/C15H20O3/c1-10(2)12-5-6-14(18-4)13(9-12)7-11(3)8-15(16)17/h5-6,8-10H,7H2,1-4H3,(H,16,17)/b11-8+. The van der Waals surface area contributed by atoms with Crippen molar-refractivity contribution in [2.75, 3.05) is 7.11 Å². The van der Waals surface area contributed by atoms with Crippen molar-refractivity contribution in [3.05, 3.63) is 41.0 Å². The van der Waals surface area contributed by atoms with Crippen LogP contribution in [0.3, 0.4) is 0 Å². The van der Waals surface area contributed by atoms with Crippen LogP contribution in [-0.4, -0.2) is 18.2 Å². The van der Waals surface area contributed by atoms with Crippen LogP contribution in [0.5, 0.6) is 5.75 Å². The first-order chi connectivity index (χ1) is 8.43. The van der Waals surface area contributed by atoms with Gasteiger partial charge in [-0.3, -0.25) is 0 Å². The summed E-state index contributed by atoms with van der Waals surface area (Å²) in [7, 11) is 1.63. The molecule has 3 heteroatoms. The zero-order chi connectivity index (χ0) is 13.7. The first kappa shape index (κ1) is 14.3. The van der Waals surface area contributed by atoms with Gasteiger partial charge in [-0.1, -0.05) is 31.6 Å². The minimum absolute atomic E-state index is 0.443. The summed E-state index contributed by atoms with van der Waals surface area (Å²) >= 11 is 0. The Balaban J connectivity index is 3.05. The number of carboxylic acid groups (broad SMARTS) is 1. The quantitative estimate of drug-likeness (QED) is 0.812. The van der Waals surface area contributed by atoms with Crippen LogP contribution in [0.25, 0.3) is 0 Å². The summed E-state index contributed by atoms with van der Waals surface area (Å²) in [6.45, 7) is 6.08. The van der Waals surface area contributed by atoms with Crippen LogP contribution >= 0.6 is 0 Å². The molecule has 3 nitrogen and oxygen atoms in total. The van der Waals surface area contributed by atoms with Crippen molar-refractivity contribution in [1.29, 1.82) is 0 Å². The molecule has 0 saturated heterocycles. The number of hydrogen-bond donors (Lipinski definition) is 1. The van der Waals surface area contributed by atoms with Crippen LogP contribution in [-0.2, 0) is 11.2 Å². The van der Waals surface area contributed by atoms with E-state index in [9.17, 15) is 4.79 Å². The van der Waals surface area contributed by atoms with Gasteiger partial charge in [-0.05, 0) is 36.5 Å². The van der Waals surface area contributed by atoms with E-state index in [2.05, 4.69) is 19.9 Å². The average Bonchev–Trinajstić information content (AvgIpc) is 2.27. The van der Waals surface area contributed by atoms with Crippen LogP contribution in [0.2, 0.25) is 0 Å². The highest BCUT2D eigenvalue weighted by Gasteiger charge is 2.08. The topological polar surface area (TPSA) is 46.5 Å². The second kappa shape index (κ2) is 6.24. The van der Waals surface area contributed by atoms with E-state index in [1.165, 1.54) is 11.6 Å². The first-order valence-corrected chi connectivity index (χ1v) is 6.01. The molecule has 0 spiro atoms. The second-order valence-electron chi connectivity index (χ2n) is 4.73. The highest BCUT2D eigenvalue weighted by molar-refractivity contribution is 5.80. The third kappa shape index (κ3) is 3.91. The van der Waals surface area contributed by atoms with Gasteiger partial charge in [0.2, 0.25) is 0 Å². The van der Waals surface area contributed by atoms with Crippen LogP contribution in [0, 0.1) is 0 Å². The zero-order valence-corrected chi connectivity index (χ0v) is 11.4. The van der Waals surface area contributed by atoms with E-state index in [1.54, 1.807) is 7.11 Å².